The van der Waals surface area contributed by atoms with Gasteiger partial charge in [0.2, 0.25) is 0 Å². The number of methoxy groups -OCH3 is 1. The second kappa shape index (κ2) is 7.81. The number of aromatic nitrogens is 1. The molecule has 6 nitrogen and oxygen atoms in total. The monoisotopic (exact) mass is 300 g/mol. The molecule has 1 unspecified atom stereocenters. The zero-order valence-corrected chi connectivity index (χ0v) is 12.1. The molecule has 0 bridgehead atoms. The summed E-state index contributed by atoms with van der Waals surface area (Å²) in [5, 5.41) is 12.0. The number of halogens is 1. The fourth-order valence-electron chi connectivity index (χ4n) is 1.58. The number of amides is 1. The van der Waals surface area contributed by atoms with E-state index in [1.807, 2.05) is 6.92 Å². The Morgan fingerprint density at radius 1 is 1.50 bits per heavy atom. The number of hydrogen-bond acceptors (Lipinski definition) is 5. The van der Waals surface area contributed by atoms with Gasteiger partial charge in [-0.3, -0.25) is 4.79 Å². The van der Waals surface area contributed by atoms with E-state index in [-0.39, 0.29) is 11.7 Å². The van der Waals surface area contributed by atoms with Crippen molar-refractivity contribution in [3.8, 4) is 0 Å². The molecule has 1 amide bonds. The van der Waals surface area contributed by atoms with Crippen molar-refractivity contribution in [1.82, 2.24) is 10.3 Å². The lowest BCUT2D eigenvalue weighted by atomic mass is 10.1. The van der Waals surface area contributed by atoms with E-state index in [2.05, 4.69) is 15.0 Å². The Kier molecular flexibility index (Phi) is 6.41. The normalized spacial score (nSPS) is 11.8. The topological polar surface area (TPSA) is 88.5 Å². The molecule has 1 aromatic heterocycles. The van der Waals surface area contributed by atoms with E-state index < -0.39 is 18.0 Å². The molecular formula is C13H17ClN2O4. The van der Waals surface area contributed by atoms with Crippen LogP contribution in [0.5, 0.6) is 0 Å². The number of carbonyl (C=O) groups excluding carboxylic acids is 2. The molecule has 110 valence electrons. The van der Waals surface area contributed by atoms with Gasteiger partial charge in [0.25, 0.3) is 5.91 Å². The summed E-state index contributed by atoms with van der Waals surface area (Å²) >= 11 is 5.85. The third kappa shape index (κ3) is 4.79. The van der Waals surface area contributed by atoms with Crippen LogP contribution in [0.25, 0.3) is 0 Å². The molecule has 0 aliphatic rings. The molecule has 7 heteroatoms. The van der Waals surface area contributed by atoms with Crippen LogP contribution in [0.2, 0.25) is 5.15 Å². The van der Waals surface area contributed by atoms with Crippen molar-refractivity contribution in [3.63, 3.8) is 0 Å². The molecule has 1 atom stereocenters. The summed E-state index contributed by atoms with van der Waals surface area (Å²) in [6, 6.07) is 3.07. The standard InChI is InChI=1S/C13H17ClN2O4/c1-3-4-9-5-8(6-11(14)16-9)12(18)15-7-10(17)13(19)20-2/h5-6,10,17H,3-4,7H2,1-2H3,(H,15,18). The molecule has 20 heavy (non-hydrogen) atoms. The molecule has 0 spiro atoms. The lowest BCUT2D eigenvalue weighted by Crippen LogP contribution is -2.37. The number of esters is 1. The Hall–Kier alpha value is -1.66. The molecule has 0 saturated heterocycles. The largest absolute Gasteiger partial charge is 0.467 e. The Bertz CT molecular complexity index is 493. The zero-order valence-electron chi connectivity index (χ0n) is 11.4. The Morgan fingerprint density at radius 3 is 2.80 bits per heavy atom. The minimum absolute atomic E-state index is 0.228. The Morgan fingerprint density at radius 2 is 2.20 bits per heavy atom. The number of aryl methyl sites for hydroxylation is 1. The van der Waals surface area contributed by atoms with Gasteiger partial charge in [-0.1, -0.05) is 24.9 Å². The van der Waals surface area contributed by atoms with Gasteiger partial charge in [-0.25, -0.2) is 9.78 Å². The van der Waals surface area contributed by atoms with Gasteiger partial charge in [-0.15, -0.1) is 0 Å². The summed E-state index contributed by atoms with van der Waals surface area (Å²) < 4.78 is 4.35. The zero-order chi connectivity index (χ0) is 15.1. The van der Waals surface area contributed by atoms with Gasteiger partial charge in [-0.05, 0) is 18.6 Å². The molecule has 1 rings (SSSR count). The molecule has 1 aromatic rings. The summed E-state index contributed by atoms with van der Waals surface area (Å²) in [5.41, 5.74) is 1.06. The highest BCUT2D eigenvalue weighted by atomic mass is 35.5. The van der Waals surface area contributed by atoms with Crippen LogP contribution in [-0.2, 0) is 16.0 Å². The second-order valence-electron chi connectivity index (χ2n) is 4.17. The number of pyridine rings is 1. The first kappa shape index (κ1) is 16.4. The number of aliphatic hydroxyl groups excluding tert-OH is 1. The van der Waals surface area contributed by atoms with Crippen molar-refractivity contribution in [2.75, 3.05) is 13.7 Å². The highest BCUT2D eigenvalue weighted by molar-refractivity contribution is 6.29. The van der Waals surface area contributed by atoms with Crippen molar-refractivity contribution in [3.05, 3.63) is 28.5 Å². The van der Waals surface area contributed by atoms with E-state index in [1.165, 1.54) is 6.07 Å². The van der Waals surface area contributed by atoms with Crippen molar-refractivity contribution < 1.29 is 19.4 Å². The van der Waals surface area contributed by atoms with E-state index in [1.54, 1.807) is 6.07 Å². The van der Waals surface area contributed by atoms with Crippen molar-refractivity contribution in [2.24, 2.45) is 0 Å². The summed E-state index contributed by atoms with van der Waals surface area (Å²) in [6.45, 7) is 1.77. The third-order valence-corrected chi connectivity index (χ3v) is 2.74. The number of rotatable bonds is 6. The second-order valence-corrected chi connectivity index (χ2v) is 4.56. The van der Waals surface area contributed by atoms with Gasteiger partial charge >= 0.3 is 5.97 Å². The molecule has 0 aromatic carbocycles. The summed E-state index contributed by atoms with van der Waals surface area (Å²) in [4.78, 5) is 27.0. The maximum absolute atomic E-state index is 11.9. The van der Waals surface area contributed by atoms with Crippen LogP contribution in [0.15, 0.2) is 12.1 Å². The number of aliphatic hydroxyl groups is 1. The summed E-state index contributed by atoms with van der Waals surface area (Å²) in [7, 11) is 1.16. The van der Waals surface area contributed by atoms with Gasteiger partial charge in [0, 0.05) is 11.3 Å². The predicted octanol–water partition coefficient (Wildman–Crippen LogP) is 0.951. The maximum atomic E-state index is 11.9. The number of ether oxygens (including phenoxy) is 1. The van der Waals surface area contributed by atoms with Gasteiger partial charge in [0.05, 0.1) is 13.7 Å². The highest BCUT2D eigenvalue weighted by Gasteiger charge is 2.17. The van der Waals surface area contributed by atoms with Crippen LogP contribution < -0.4 is 5.32 Å². The first-order valence-corrected chi connectivity index (χ1v) is 6.56. The fourth-order valence-corrected chi connectivity index (χ4v) is 1.80. The van der Waals surface area contributed by atoms with E-state index in [0.29, 0.717) is 12.0 Å². The van der Waals surface area contributed by atoms with Crippen LogP contribution in [0.1, 0.15) is 29.4 Å². The van der Waals surface area contributed by atoms with E-state index in [4.69, 9.17) is 11.6 Å². The number of carbonyl (C=O) groups is 2. The minimum Gasteiger partial charge on any atom is -0.467 e. The predicted molar refractivity (Wildman–Crippen MR) is 73.6 cm³/mol. The number of nitrogens with one attached hydrogen (secondary N) is 1. The molecule has 0 aliphatic heterocycles. The van der Waals surface area contributed by atoms with Gasteiger partial charge in [0.15, 0.2) is 6.10 Å². The van der Waals surface area contributed by atoms with Gasteiger partial charge in [-0.2, -0.15) is 0 Å². The van der Waals surface area contributed by atoms with Crippen LogP contribution in [0.3, 0.4) is 0 Å². The lowest BCUT2D eigenvalue weighted by molar-refractivity contribution is -0.149. The molecule has 0 radical (unpaired) electrons. The first-order valence-electron chi connectivity index (χ1n) is 6.18. The first-order chi connectivity index (χ1) is 9.47. The van der Waals surface area contributed by atoms with Crippen molar-refractivity contribution in [2.45, 2.75) is 25.9 Å². The van der Waals surface area contributed by atoms with E-state index in [0.717, 1.165) is 19.2 Å². The number of nitrogens with zero attached hydrogens (tertiary/aromatic N) is 1. The summed E-state index contributed by atoms with van der Waals surface area (Å²) in [5.74, 6) is -1.24. The summed E-state index contributed by atoms with van der Waals surface area (Å²) in [6.07, 6.45) is 0.206. The molecule has 2 N–H and O–H groups in total. The van der Waals surface area contributed by atoms with Gasteiger partial charge in [0.1, 0.15) is 5.15 Å². The lowest BCUT2D eigenvalue weighted by Gasteiger charge is -2.10. The average molecular weight is 301 g/mol. The Labute approximate surface area is 122 Å². The van der Waals surface area contributed by atoms with E-state index >= 15 is 0 Å². The smallest absolute Gasteiger partial charge is 0.336 e. The maximum Gasteiger partial charge on any atom is 0.336 e. The van der Waals surface area contributed by atoms with Gasteiger partial charge < -0.3 is 15.2 Å². The van der Waals surface area contributed by atoms with Crippen LogP contribution in [0.4, 0.5) is 0 Å². The molecule has 0 aliphatic carbocycles. The number of hydrogen-bond donors (Lipinski definition) is 2. The quantitative estimate of drug-likeness (QED) is 0.603. The Balaban J connectivity index is 2.70. The third-order valence-electron chi connectivity index (χ3n) is 2.54. The molecule has 0 saturated carbocycles. The minimum atomic E-state index is -1.39. The SMILES string of the molecule is CCCc1cc(C(=O)NCC(O)C(=O)OC)cc(Cl)n1. The molecule has 1 heterocycles. The fraction of sp³-hybridized carbons (Fsp3) is 0.462. The molecule has 0 fully saturated rings. The van der Waals surface area contributed by atoms with Crippen molar-refractivity contribution in [1.29, 1.82) is 0 Å². The van der Waals surface area contributed by atoms with Crippen LogP contribution in [-0.4, -0.2) is 41.7 Å². The van der Waals surface area contributed by atoms with Crippen LogP contribution >= 0.6 is 11.6 Å². The molecular weight excluding hydrogens is 284 g/mol. The average Bonchev–Trinajstić information content (AvgIpc) is 2.43. The highest BCUT2D eigenvalue weighted by Crippen LogP contribution is 2.12. The van der Waals surface area contributed by atoms with Crippen LogP contribution in [0, 0.1) is 0 Å². The van der Waals surface area contributed by atoms with Crippen molar-refractivity contribution >= 4 is 23.5 Å². The van der Waals surface area contributed by atoms with E-state index in [9.17, 15) is 14.7 Å².